The van der Waals surface area contributed by atoms with Crippen LogP contribution in [0.3, 0.4) is 0 Å². The van der Waals surface area contributed by atoms with Gasteiger partial charge in [-0.15, -0.1) is 0 Å². The van der Waals surface area contributed by atoms with Crippen molar-refractivity contribution in [1.29, 1.82) is 0 Å². The zero-order valence-electron chi connectivity index (χ0n) is 30.2. The van der Waals surface area contributed by atoms with Crippen molar-refractivity contribution in [1.82, 2.24) is 14.5 Å². The van der Waals surface area contributed by atoms with Crippen LogP contribution < -0.4 is 0 Å². The number of aromatic nitrogens is 3. The predicted octanol–water partition coefficient (Wildman–Crippen LogP) is 13.1. The Hall–Kier alpha value is -5.68. The first-order valence-electron chi connectivity index (χ1n) is 18.0. The number of rotatable bonds is 5. The molecule has 0 bridgehead atoms. The van der Waals surface area contributed by atoms with Crippen molar-refractivity contribution in [3.8, 4) is 28.2 Å². The number of furan rings is 1. The van der Waals surface area contributed by atoms with Gasteiger partial charge in [-0.2, -0.15) is 0 Å². The fraction of sp³-hybridized carbons (Fsp3) is 0.217. The van der Waals surface area contributed by atoms with Gasteiger partial charge in [0.1, 0.15) is 22.5 Å². The molecule has 0 fully saturated rings. The van der Waals surface area contributed by atoms with E-state index in [0.717, 1.165) is 72.1 Å². The fourth-order valence-corrected chi connectivity index (χ4v) is 7.55. The van der Waals surface area contributed by atoms with Gasteiger partial charge in [-0.1, -0.05) is 109 Å². The molecule has 252 valence electrons. The minimum atomic E-state index is -0.193. The molecule has 0 saturated heterocycles. The molecule has 9 aromatic rings. The Morgan fingerprint density at radius 3 is 2.04 bits per heavy atom. The summed E-state index contributed by atoms with van der Waals surface area (Å²) in [7, 11) is 0. The fourth-order valence-electron chi connectivity index (χ4n) is 7.55. The molecule has 0 amide bonds. The van der Waals surface area contributed by atoms with E-state index in [9.17, 15) is 0 Å². The van der Waals surface area contributed by atoms with E-state index in [2.05, 4.69) is 162 Å². The number of imidazole rings is 1. The van der Waals surface area contributed by atoms with Crippen molar-refractivity contribution in [2.75, 3.05) is 0 Å². The van der Waals surface area contributed by atoms with Gasteiger partial charge in [-0.25, -0.2) is 9.97 Å². The summed E-state index contributed by atoms with van der Waals surface area (Å²) in [4.78, 5) is 10.2. The van der Waals surface area contributed by atoms with Gasteiger partial charge in [-0.05, 0) is 88.0 Å². The normalized spacial score (nSPS) is 12.6. The molecular formula is C46H41N3O2. The van der Waals surface area contributed by atoms with Crippen molar-refractivity contribution < 1.29 is 8.83 Å². The lowest BCUT2D eigenvalue weighted by molar-refractivity contribution is 0.412. The van der Waals surface area contributed by atoms with E-state index < -0.39 is 0 Å². The molecule has 0 radical (unpaired) electrons. The molecule has 0 saturated carbocycles. The van der Waals surface area contributed by atoms with Crippen molar-refractivity contribution in [2.45, 2.75) is 65.7 Å². The van der Waals surface area contributed by atoms with Crippen LogP contribution in [0.5, 0.6) is 0 Å². The summed E-state index contributed by atoms with van der Waals surface area (Å²) in [5.74, 6) is 2.15. The second kappa shape index (κ2) is 11.4. The summed E-state index contributed by atoms with van der Waals surface area (Å²) in [5.41, 5.74) is 12.3. The molecule has 3 heterocycles. The van der Waals surface area contributed by atoms with Crippen LogP contribution in [0.15, 0.2) is 118 Å². The summed E-state index contributed by atoms with van der Waals surface area (Å²) < 4.78 is 15.7. The maximum atomic E-state index is 6.87. The van der Waals surface area contributed by atoms with E-state index in [0.29, 0.717) is 0 Å². The maximum Gasteiger partial charge on any atom is 0.200 e. The molecule has 0 N–H and O–H groups in total. The van der Waals surface area contributed by atoms with E-state index in [1.165, 1.54) is 27.9 Å². The Bertz CT molecular complexity index is 2760. The van der Waals surface area contributed by atoms with Gasteiger partial charge in [0.05, 0.1) is 22.3 Å². The van der Waals surface area contributed by atoms with Gasteiger partial charge in [0.25, 0.3) is 0 Å². The molecule has 0 spiro atoms. The second-order valence-corrected chi connectivity index (χ2v) is 15.5. The number of benzene rings is 6. The minimum Gasteiger partial charge on any atom is -0.455 e. The van der Waals surface area contributed by atoms with E-state index in [1.54, 1.807) is 0 Å². The molecule has 6 aromatic carbocycles. The molecular weight excluding hydrogens is 627 g/mol. The molecule has 0 atom stereocenters. The maximum absolute atomic E-state index is 6.87. The van der Waals surface area contributed by atoms with Crippen LogP contribution in [0.2, 0.25) is 0 Å². The summed E-state index contributed by atoms with van der Waals surface area (Å²) in [6.07, 6.45) is 0. The van der Waals surface area contributed by atoms with Crippen molar-refractivity contribution in [2.24, 2.45) is 0 Å². The zero-order chi connectivity index (χ0) is 35.2. The first-order chi connectivity index (χ1) is 24.6. The van der Waals surface area contributed by atoms with E-state index >= 15 is 0 Å². The predicted molar refractivity (Wildman–Crippen MR) is 211 cm³/mol. The number of nitrogens with zero attached hydrogens (tertiary/aromatic N) is 3. The highest BCUT2D eigenvalue weighted by atomic mass is 16.4. The molecule has 9 rings (SSSR count). The van der Waals surface area contributed by atoms with Crippen LogP contribution in [0.4, 0.5) is 0 Å². The number of oxazole rings is 1. The lowest BCUT2D eigenvalue weighted by Crippen LogP contribution is -2.10. The molecule has 5 nitrogen and oxygen atoms in total. The van der Waals surface area contributed by atoms with Gasteiger partial charge in [0.2, 0.25) is 5.89 Å². The highest BCUT2D eigenvalue weighted by molar-refractivity contribution is 6.16. The van der Waals surface area contributed by atoms with E-state index in [4.69, 9.17) is 18.8 Å². The molecule has 0 aliphatic rings. The Morgan fingerprint density at radius 2 is 1.31 bits per heavy atom. The van der Waals surface area contributed by atoms with Crippen LogP contribution in [0.25, 0.3) is 83.0 Å². The van der Waals surface area contributed by atoms with Crippen LogP contribution in [-0.4, -0.2) is 14.5 Å². The highest BCUT2D eigenvalue weighted by Gasteiger charge is 2.26. The Balaban J connectivity index is 1.33. The van der Waals surface area contributed by atoms with Crippen molar-refractivity contribution >= 4 is 54.8 Å². The first-order valence-corrected chi connectivity index (χ1v) is 18.0. The Morgan fingerprint density at radius 1 is 0.588 bits per heavy atom. The second-order valence-electron chi connectivity index (χ2n) is 15.5. The molecule has 0 aliphatic carbocycles. The van der Waals surface area contributed by atoms with Gasteiger partial charge >= 0.3 is 0 Å². The van der Waals surface area contributed by atoms with E-state index in [1.807, 2.05) is 0 Å². The summed E-state index contributed by atoms with van der Waals surface area (Å²) in [5, 5.41) is 4.21. The zero-order valence-corrected chi connectivity index (χ0v) is 30.2. The molecule has 0 aliphatic heterocycles. The number of hydrogen-bond donors (Lipinski definition) is 0. The standard InChI is InChI=1S/C46H41N3O2/c1-26(2)33-23-30(28-14-9-8-10-15-28)24-34(27(3)4)41(33)49-39-19-12-11-18-37(39)47-44(49)32-17-13-16-31-36-22-29-20-21-38-43(51-45(48-38)46(5,6)7)35(29)25-40(36)50-42(31)32/h8-27H,1-7H3. The third-order valence-corrected chi connectivity index (χ3v) is 10.2. The largest absolute Gasteiger partial charge is 0.455 e. The van der Waals surface area contributed by atoms with Crippen LogP contribution in [0, 0.1) is 0 Å². The Kier molecular flexibility index (Phi) is 7.01. The van der Waals surface area contributed by atoms with Gasteiger partial charge in [-0.3, -0.25) is 4.57 Å². The minimum absolute atomic E-state index is 0.193. The summed E-state index contributed by atoms with van der Waals surface area (Å²) >= 11 is 0. The number of hydrogen-bond acceptors (Lipinski definition) is 4. The lowest BCUT2D eigenvalue weighted by Gasteiger charge is -2.24. The van der Waals surface area contributed by atoms with Crippen molar-refractivity contribution in [3.63, 3.8) is 0 Å². The summed E-state index contributed by atoms with van der Waals surface area (Å²) in [6.45, 7) is 15.5. The topological polar surface area (TPSA) is 57.0 Å². The average Bonchev–Trinajstić information content (AvgIpc) is 3.84. The number of fused-ring (bicyclic) bond motifs is 7. The number of para-hydroxylation sites is 3. The quantitative estimate of drug-likeness (QED) is 0.183. The summed E-state index contributed by atoms with van der Waals surface area (Å²) in [6, 6.07) is 38.9. The SMILES string of the molecule is CC(C)c1cc(-c2ccccc2)cc(C(C)C)c1-n1c(-c2cccc3c2oc2cc4c(ccc5nc(C(C)(C)C)oc54)cc23)nc2ccccc21. The van der Waals surface area contributed by atoms with Crippen LogP contribution in [-0.2, 0) is 5.41 Å². The highest BCUT2D eigenvalue weighted by Crippen LogP contribution is 2.43. The Labute approximate surface area is 297 Å². The molecule has 51 heavy (non-hydrogen) atoms. The first kappa shape index (κ1) is 31.3. The van der Waals surface area contributed by atoms with Gasteiger partial charge in [0, 0.05) is 21.6 Å². The van der Waals surface area contributed by atoms with Gasteiger partial charge in [0.15, 0.2) is 5.58 Å². The van der Waals surface area contributed by atoms with Gasteiger partial charge < -0.3 is 8.83 Å². The van der Waals surface area contributed by atoms with Crippen molar-refractivity contribution in [3.05, 3.63) is 126 Å². The monoisotopic (exact) mass is 667 g/mol. The van der Waals surface area contributed by atoms with Crippen LogP contribution in [0.1, 0.15) is 77.3 Å². The third-order valence-electron chi connectivity index (χ3n) is 10.2. The average molecular weight is 668 g/mol. The molecule has 3 aromatic heterocycles. The third kappa shape index (κ3) is 4.97. The molecule has 5 heteroatoms. The van der Waals surface area contributed by atoms with Crippen LogP contribution >= 0.6 is 0 Å². The molecule has 0 unspecified atom stereocenters. The smallest absolute Gasteiger partial charge is 0.200 e. The van der Waals surface area contributed by atoms with E-state index in [-0.39, 0.29) is 17.3 Å². The lowest BCUT2D eigenvalue weighted by atomic mass is 9.88.